The Bertz CT molecular complexity index is 621. The summed E-state index contributed by atoms with van der Waals surface area (Å²) in [7, 11) is 0. The second-order valence-electron chi connectivity index (χ2n) is 4.87. The molecule has 1 N–H and O–H groups in total. The molecule has 1 saturated carbocycles. The van der Waals surface area contributed by atoms with E-state index in [1.165, 1.54) is 25.2 Å². The Labute approximate surface area is 115 Å². The number of nitrogens with one attached hydrogen (secondary N) is 1. The summed E-state index contributed by atoms with van der Waals surface area (Å²) in [5.41, 5.74) is 0.750. The predicted molar refractivity (Wildman–Crippen MR) is 72.1 cm³/mol. The summed E-state index contributed by atoms with van der Waals surface area (Å²) in [5, 5.41) is 18.5. The van der Waals surface area contributed by atoms with Crippen molar-refractivity contribution in [1.29, 1.82) is 0 Å². The number of hydrogen-bond acceptors (Lipinski definition) is 5. The van der Waals surface area contributed by atoms with E-state index in [2.05, 4.69) is 15.4 Å². The van der Waals surface area contributed by atoms with Crippen LogP contribution < -0.4 is 5.32 Å². The van der Waals surface area contributed by atoms with Crippen LogP contribution >= 0.6 is 0 Å². The molecule has 104 valence electrons. The third-order valence-corrected chi connectivity index (χ3v) is 3.33. The van der Waals surface area contributed by atoms with Crippen LogP contribution in [0.4, 0.5) is 5.69 Å². The van der Waals surface area contributed by atoms with Crippen LogP contribution in [0.25, 0.3) is 0 Å². The number of rotatable bonds is 6. The second kappa shape index (κ2) is 5.38. The first-order chi connectivity index (χ1) is 9.74. The van der Waals surface area contributed by atoms with Crippen molar-refractivity contribution < 1.29 is 4.92 Å². The fourth-order valence-electron chi connectivity index (χ4n) is 2.06. The van der Waals surface area contributed by atoms with Crippen molar-refractivity contribution in [2.24, 2.45) is 0 Å². The molecule has 3 rings (SSSR count). The molecule has 0 bridgehead atoms. The Hall–Kier alpha value is -2.28. The molecule has 1 aliphatic rings. The molecule has 1 fully saturated rings. The van der Waals surface area contributed by atoms with Gasteiger partial charge in [0.05, 0.1) is 23.6 Å². The van der Waals surface area contributed by atoms with Crippen molar-refractivity contribution in [2.75, 3.05) is 0 Å². The quantitative estimate of drug-likeness (QED) is 0.636. The minimum atomic E-state index is -0.367. The van der Waals surface area contributed by atoms with Gasteiger partial charge in [-0.15, -0.1) is 0 Å². The van der Waals surface area contributed by atoms with Crippen LogP contribution in [0.5, 0.6) is 0 Å². The number of benzene rings is 1. The summed E-state index contributed by atoms with van der Waals surface area (Å²) >= 11 is 0. The van der Waals surface area contributed by atoms with Crippen LogP contribution in [0, 0.1) is 10.1 Å². The van der Waals surface area contributed by atoms with Crippen molar-refractivity contribution >= 4 is 5.69 Å². The van der Waals surface area contributed by atoms with Gasteiger partial charge < -0.3 is 5.32 Å². The first-order valence-electron chi connectivity index (χ1n) is 6.56. The Balaban J connectivity index is 1.77. The van der Waals surface area contributed by atoms with Crippen molar-refractivity contribution in [3.05, 3.63) is 52.1 Å². The first kappa shape index (κ1) is 12.7. The molecule has 2 aromatic rings. The van der Waals surface area contributed by atoms with Crippen LogP contribution in [0.15, 0.2) is 30.6 Å². The number of para-hydroxylation sites is 1. The van der Waals surface area contributed by atoms with Crippen LogP contribution in [0.2, 0.25) is 0 Å². The van der Waals surface area contributed by atoms with E-state index in [-0.39, 0.29) is 10.6 Å². The lowest BCUT2D eigenvalue weighted by molar-refractivity contribution is -0.385. The van der Waals surface area contributed by atoms with Gasteiger partial charge in [-0.1, -0.05) is 18.2 Å². The molecule has 0 atom stereocenters. The van der Waals surface area contributed by atoms with E-state index in [0.29, 0.717) is 24.7 Å². The average molecular weight is 273 g/mol. The van der Waals surface area contributed by atoms with Gasteiger partial charge in [-0.05, 0) is 12.8 Å². The Morgan fingerprint density at radius 3 is 2.95 bits per heavy atom. The van der Waals surface area contributed by atoms with E-state index < -0.39 is 0 Å². The smallest absolute Gasteiger partial charge is 0.274 e. The van der Waals surface area contributed by atoms with Gasteiger partial charge in [-0.2, -0.15) is 5.10 Å². The number of hydrogen-bond donors (Lipinski definition) is 1. The largest absolute Gasteiger partial charge is 0.307 e. The molecule has 0 spiro atoms. The maximum Gasteiger partial charge on any atom is 0.274 e. The van der Waals surface area contributed by atoms with Crippen LogP contribution in [-0.2, 0) is 13.1 Å². The lowest BCUT2D eigenvalue weighted by Crippen LogP contribution is -2.19. The van der Waals surface area contributed by atoms with Gasteiger partial charge in [-0.25, -0.2) is 9.67 Å². The lowest BCUT2D eigenvalue weighted by atomic mass is 10.2. The molecule has 0 radical (unpaired) electrons. The minimum absolute atomic E-state index is 0.115. The zero-order chi connectivity index (χ0) is 13.9. The van der Waals surface area contributed by atoms with Crippen molar-refractivity contribution in [3.63, 3.8) is 0 Å². The molecule has 20 heavy (non-hydrogen) atoms. The third kappa shape index (κ3) is 2.83. The van der Waals surface area contributed by atoms with Crippen molar-refractivity contribution in [1.82, 2.24) is 20.1 Å². The zero-order valence-electron chi connectivity index (χ0n) is 10.9. The van der Waals surface area contributed by atoms with E-state index in [0.717, 1.165) is 5.82 Å². The maximum absolute atomic E-state index is 11.0. The summed E-state index contributed by atoms with van der Waals surface area (Å²) in [5.74, 6) is 0.801. The standard InChI is InChI=1S/C13H15N5O2/c19-18(20)12-4-2-1-3-10(12)8-17-13(15-9-16-17)7-14-11-5-6-11/h1-4,9,11,14H,5-8H2. The van der Waals surface area contributed by atoms with Gasteiger partial charge in [0.15, 0.2) is 0 Å². The summed E-state index contributed by atoms with van der Waals surface area (Å²) in [6, 6.07) is 7.30. The topological polar surface area (TPSA) is 85.9 Å². The lowest BCUT2D eigenvalue weighted by Gasteiger charge is -2.07. The van der Waals surface area contributed by atoms with Gasteiger partial charge >= 0.3 is 0 Å². The fourth-order valence-corrected chi connectivity index (χ4v) is 2.06. The second-order valence-corrected chi connectivity index (χ2v) is 4.87. The van der Waals surface area contributed by atoms with Crippen molar-refractivity contribution in [3.8, 4) is 0 Å². The molecule has 1 heterocycles. The van der Waals surface area contributed by atoms with Crippen molar-refractivity contribution in [2.45, 2.75) is 32.0 Å². The number of nitro benzene ring substituents is 1. The van der Waals surface area contributed by atoms with Crippen LogP contribution in [0.1, 0.15) is 24.2 Å². The molecule has 7 nitrogen and oxygen atoms in total. The van der Waals surface area contributed by atoms with E-state index in [9.17, 15) is 10.1 Å². The molecule has 0 saturated heterocycles. The van der Waals surface area contributed by atoms with Gasteiger partial charge in [0.25, 0.3) is 5.69 Å². The van der Waals surface area contributed by atoms with Gasteiger partial charge in [0.1, 0.15) is 12.2 Å². The summed E-state index contributed by atoms with van der Waals surface area (Å²) < 4.78 is 1.71. The van der Waals surface area contributed by atoms with Crippen LogP contribution in [0.3, 0.4) is 0 Å². The highest BCUT2D eigenvalue weighted by atomic mass is 16.6. The van der Waals surface area contributed by atoms with Gasteiger partial charge in [0, 0.05) is 12.1 Å². The third-order valence-electron chi connectivity index (χ3n) is 3.33. The first-order valence-corrected chi connectivity index (χ1v) is 6.56. The molecule has 1 aromatic heterocycles. The van der Waals surface area contributed by atoms with Gasteiger partial charge in [-0.3, -0.25) is 10.1 Å². The van der Waals surface area contributed by atoms with E-state index >= 15 is 0 Å². The molecule has 0 amide bonds. The monoisotopic (exact) mass is 273 g/mol. The minimum Gasteiger partial charge on any atom is -0.307 e. The zero-order valence-corrected chi connectivity index (χ0v) is 10.9. The Kier molecular flexibility index (Phi) is 3.42. The molecule has 0 aliphatic heterocycles. The molecule has 1 aromatic carbocycles. The molecular formula is C13H15N5O2. The Morgan fingerprint density at radius 2 is 2.20 bits per heavy atom. The summed E-state index contributed by atoms with van der Waals surface area (Å²) in [6.45, 7) is 1.00. The highest BCUT2D eigenvalue weighted by molar-refractivity contribution is 5.39. The number of nitro groups is 1. The predicted octanol–water partition coefficient (Wildman–Crippen LogP) is 1.49. The van der Waals surface area contributed by atoms with E-state index in [1.54, 1.807) is 22.9 Å². The molecular weight excluding hydrogens is 258 g/mol. The van der Waals surface area contributed by atoms with Crippen LogP contribution in [-0.4, -0.2) is 25.7 Å². The Morgan fingerprint density at radius 1 is 1.40 bits per heavy atom. The fraction of sp³-hybridized carbons (Fsp3) is 0.385. The normalized spacial score (nSPS) is 14.4. The molecule has 0 unspecified atom stereocenters. The molecule has 1 aliphatic carbocycles. The van der Waals surface area contributed by atoms with E-state index in [1.807, 2.05) is 0 Å². The number of nitrogens with zero attached hydrogens (tertiary/aromatic N) is 4. The highest BCUT2D eigenvalue weighted by Gasteiger charge is 2.21. The summed E-state index contributed by atoms with van der Waals surface area (Å²) in [4.78, 5) is 14.8. The highest BCUT2D eigenvalue weighted by Crippen LogP contribution is 2.20. The number of aromatic nitrogens is 3. The SMILES string of the molecule is O=[N+]([O-])c1ccccc1Cn1ncnc1CNC1CC1. The summed E-state index contributed by atoms with van der Waals surface area (Å²) in [6.07, 6.45) is 3.90. The van der Waals surface area contributed by atoms with E-state index in [4.69, 9.17) is 0 Å². The molecule has 7 heteroatoms. The maximum atomic E-state index is 11.0. The van der Waals surface area contributed by atoms with Gasteiger partial charge in [0.2, 0.25) is 0 Å². The average Bonchev–Trinajstić information content (AvgIpc) is 3.17.